The molecule has 33 heavy (non-hydrogen) atoms. The molecule has 0 N–H and O–H groups in total. The van der Waals surface area contributed by atoms with Gasteiger partial charge in [-0.1, -0.05) is 78.9 Å². The van der Waals surface area contributed by atoms with Gasteiger partial charge in [0.05, 0.1) is 16.6 Å². The molecule has 0 saturated carbocycles. The van der Waals surface area contributed by atoms with Crippen molar-refractivity contribution in [2.24, 2.45) is 0 Å². The first-order valence-electron chi connectivity index (χ1n) is 11.5. The second kappa shape index (κ2) is 6.11. The molecule has 1 heteroatoms. The fourth-order valence-corrected chi connectivity index (χ4v) is 5.71. The molecule has 8 rings (SSSR count). The molecule has 0 aliphatic heterocycles. The first-order valence-corrected chi connectivity index (χ1v) is 11.5. The molecular weight excluding hydrogens is 398 g/mol. The van der Waals surface area contributed by atoms with E-state index in [2.05, 4.69) is 120 Å². The van der Waals surface area contributed by atoms with Crippen LogP contribution in [-0.4, -0.2) is 4.40 Å². The predicted molar refractivity (Wildman–Crippen MR) is 142 cm³/mol. The molecule has 0 unspecified atom stereocenters. The summed E-state index contributed by atoms with van der Waals surface area (Å²) in [5.74, 6) is 0. The maximum atomic E-state index is 2.49. The van der Waals surface area contributed by atoms with Crippen molar-refractivity contribution in [1.82, 2.24) is 4.40 Å². The third-order valence-corrected chi connectivity index (χ3v) is 7.23. The van der Waals surface area contributed by atoms with Crippen molar-refractivity contribution in [3.8, 4) is 11.1 Å². The van der Waals surface area contributed by atoms with Crippen molar-refractivity contribution < 1.29 is 0 Å². The number of benzene rings is 6. The van der Waals surface area contributed by atoms with Crippen LogP contribution in [0.1, 0.15) is 0 Å². The molecule has 0 aliphatic rings. The Labute approximate surface area is 190 Å². The third-order valence-electron chi connectivity index (χ3n) is 7.23. The highest BCUT2D eigenvalue weighted by atomic mass is 14.9. The lowest BCUT2D eigenvalue weighted by Crippen LogP contribution is -1.82. The minimum absolute atomic E-state index is 1.26. The fraction of sp³-hybridized carbons (Fsp3) is 0. The zero-order valence-electron chi connectivity index (χ0n) is 17.9. The smallest absolute Gasteiger partial charge is 0.0620 e. The molecule has 0 saturated heterocycles. The molecule has 0 spiro atoms. The molecule has 0 amide bonds. The van der Waals surface area contributed by atoms with Crippen LogP contribution in [0, 0.1) is 0 Å². The average molecular weight is 418 g/mol. The highest BCUT2D eigenvalue weighted by Crippen LogP contribution is 2.43. The van der Waals surface area contributed by atoms with Gasteiger partial charge in [0.2, 0.25) is 0 Å². The van der Waals surface area contributed by atoms with E-state index < -0.39 is 0 Å². The zero-order valence-corrected chi connectivity index (χ0v) is 17.9. The van der Waals surface area contributed by atoms with Gasteiger partial charge in [0.25, 0.3) is 0 Å². The minimum Gasteiger partial charge on any atom is -0.308 e. The highest BCUT2D eigenvalue weighted by molar-refractivity contribution is 6.26. The zero-order chi connectivity index (χ0) is 21.5. The largest absolute Gasteiger partial charge is 0.308 e. The van der Waals surface area contributed by atoms with Gasteiger partial charge in [0.1, 0.15) is 0 Å². The van der Waals surface area contributed by atoms with Crippen LogP contribution >= 0.6 is 0 Å². The summed E-state index contributed by atoms with van der Waals surface area (Å²) in [4.78, 5) is 0. The molecule has 1 nitrogen and oxygen atoms in total. The monoisotopic (exact) mass is 417 g/mol. The Morgan fingerprint density at radius 1 is 0.364 bits per heavy atom. The molecule has 2 aromatic heterocycles. The number of nitrogens with zero attached hydrogens (tertiary/aromatic N) is 1. The maximum absolute atomic E-state index is 2.49. The summed E-state index contributed by atoms with van der Waals surface area (Å²) in [7, 11) is 0. The van der Waals surface area contributed by atoms with Gasteiger partial charge in [0, 0.05) is 21.5 Å². The molecule has 0 aliphatic carbocycles. The van der Waals surface area contributed by atoms with E-state index in [9.17, 15) is 0 Å². The Bertz CT molecular complexity index is 1890. The van der Waals surface area contributed by atoms with E-state index in [4.69, 9.17) is 0 Å². The Morgan fingerprint density at radius 2 is 0.818 bits per heavy atom. The van der Waals surface area contributed by atoms with Crippen LogP contribution in [0.3, 0.4) is 0 Å². The second-order valence-electron chi connectivity index (χ2n) is 9.05. The van der Waals surface area contributed by atoms with E-state index in [0.717, 1.165) is 0 Å². The molecule has 0 radical (unpaired) electrons. The first kappa shape index (κ1) is 17.2. The van der Waals surface area contributed by atoms with Crippen molar-refractivity contribution >= 4 is 59.6 Å². The Morgan fingerprint density at radius 3 is 1.33 bits per heavy atom. The predicted octanol–water partition coefficient (Wildman–Crippen LogP) is 8.81. The van der Waals surface area contributed by atoms with Crippen molar-refractivity contribution in [3.05, 3.63) is 115 Å². The van der Waals surface area contributed by atoms with E-state index in [-0.39, 0.29) is 0 Å². The van der Waals surface area contributed by atoms with Gasteiger partial charge >= 0.3 is 0 Å². The average Bonchev–Trinajstić information content (AvgIpc) is 3.37. The lowest BCUT2D eigenvalue weighted by Gasteiger charge is -2.05. The van der Waals surface area contributed by atoms with Gasteiger partial charge in [-0.3, -0.25) is 0 Å². The molecule has 0 atom stereocenters. The van der Waals surface area contributed by atoms with Crippen LogP contribution < -0.4 is 0 Å². The van der Waals surface area contributed by atoms with Gasteiger partial charge in [-0.15, -0.1) is 0 Å². The molecule has 6 aromatic carbocycles. The Hall–Kier alpha value is -4.36. The van der Waals surface area contributed by atoms with Gasteiger partial charge in [-0.05, 0) is 69.1 Å². The molecule has 0 bridgehead atoms. The number of aromatic nitrogens is 1. The van der Waals surface area contributed by atoms with Crippen LogP contribution in [0.25, 0.3) is 70.8 Å². The summed E-state index contributed by atoms with van der Waals surface area (Å²) >= 11 is 0. The lowest BCUT2D eigenvalue weighted by atomic mass is 9.98. The lowest BCUT2D eigenvalue weighted by molar-refractivity contribution is 1.38. The van der Waals surface area contributed by atoms with Crippen LogP contribution in [-0.2, 0) is 0 Å². The van der Waals surface area contributed by atoms with E-state index in [0.29, 0.717) is 0 Å². The first-order chi connectivity index (χ1) is 16.3. The summed E-state index contributed by atoms with van der Waals surface area (Å²) in [5.41, 5.74) is 6.41. The Kier molecular flexibility index (Phi) is 3.19. The third kappa shape index (κ3) is 2.26. The van der Waals surface area contributed by atoms with Crippen LogP contribution in [0.2, 0.25) is 0 Å². The minimum atomic E-state index is 1.26. The van der Waals surface area contributed by atoms with Gasteiger partial charge < -0.3 is 4.40 Å². The van der Waals surface area contributed by atoms with Crippen molar-refractivity contribution in [3.63, 3.8) is 0 Å². The number of fused-ring (bicyclic) bond motifs is 8. The Balaban J connectivity index is 1.66. The summed E-state index contributed by atoms with van der Waals surface area (Å²) < 4.78 is 2.49. The molecule has 8 aromatic rings. The molecule has 2 heterocycles. The summed E-state index contributed by atoms with van der Waals surface area (Å²) in [6.07, 6.45) is 0. The SMILES string of the molecule is c1ccc(-c2cc3c4cc5ccccc5cc4n4c5cc6ccccc6cc5c(c2)c34)cc1. The van der Waals surface area contributed by atoms with Gasteiger partial charge in [-0.2, -0.15) is 0 Å². The van der Waals surface area contributed by atoms with Gasteiger partial charge in [0.15, 0.2) is 0 Å². The highest BCUT2D eigenvalue weighted by Gasteiger charge is 2.19. The molecule has 152 valence electrons. The van der Waals surface area contributed by atoms with Gasteiger partial charge in [-0.25, -0.2) is 0 Å². The maximum Gasteiger partial charge on any atom is 0.0620 e. The molecule has 0 fully saturated rings. The van der Waals surface area contributed by atoms with Crippen LogP contribution in [0.15, 0.2) is 115 Å². The van der Waals surface area contributed by atoms with Crippen molar-refractivity contribution in [2.45, 2.75) is 0 Å². The number of rotatable bonds is 1. The van der Waals surface area contributed by atoms with Crippen molar-refractivity contribution in [1.29, 1.82) is 0 Å². The number of hydrogen-bond donors (Lipinski definition) is 0. The van der Waals surface area contributed by atoms with E-state index in [1.165, 1.54) is 70.8 Å². The second-order valence-corrected chi connectivity index (χ2v) is 9.05. The summed E-state index contributed by atoms with van der Waals surface area (Å²) in [6.45, 7) is 0. The topological polar surface area (TPSA) is 4.41 Å². The summed E-state index contributed by atoms with van der Waals surface area (Å²) in [6, 6.07) is 42.3. The normalized spacial score (nSPS) is 12.2. The standard InChI is InChI=1S/C32H19N/c1-2-8-20(9-3-1)25-16-28-26-14-21-10-4-6-12-23(21)18-30(26)33-31-19-24-13-7-5-11-22(24)15-27(31)29(17-25)32(28)33/h1-19H. The molecular formula is C32H19N. The van der Waals surface area contributed by atoms with E-state index in [1.54, 1.807) is 0 Å². The number of hydrogen-bond acceptors (Lipinski definition) is 0. The van der Waals surface area contributed by atoms with E-state index >= 15 is 0 Å². The quantitative estimate of drug-likeness (QED) is 0.251. The fourth-order valence-electron chi connectivity index (χ4n) is 5.71. The van der Waals surface area contributed by atoms with Crippen molar-refractivity contribution in [2.75, 3.05) is 0 Å². The van der Waals surface area contributed by atoms with Crippen LogP contribution in [0.5, 0.6) is 0 Å². The van der Waals surface area contributed by atoms with Crippen LogP contribution in [0.4, 0.5) is 0 Å². The van der Waals surface area contributed by atoms with E-state index in [1.807, 2.05) is 0 Å². The summed E-state index contributed by atoms with van der Waals surface area (Å²) in [5, 5.41) is 10.4.